The summed E-state index contributed by atoms with van der Waals surface area (Å²) in [5, 5.41) is 21.5. The first kappa shape index (κ1) is 11.3. The Morgan fingerprint density at radius 3 is 2.62 bits per heavy atom. The van der Waals surface area contributed by atoms with Crippen LogP contribution in [0, 0.1) is 0 Å². The van der Waals surface area contributed by atoms with E-state index in [1.165, 1.54) is 4.90 Å². The van der Waals surface area contributed by atoms with Crippen LogP contribution in [0.15, 0.2) is 0 Å². The molecule has 0 aliphatic carbocycles. The lowest BCUT2D eigenvalue weighted by molar-refractivity contribution is -0.149. The van der Waals surface area contributed by atoms with Crippen molar-refractivity contribution in [1.82, 2.24) is 10.2 Å². The summed E-state index contributed by atoms with van der Waals surface area (Å²) in [6.45, 7) is 1.07. The molecule has 6 heteroatoms. The molecule has 2 fully saturated rings. The predicted octanol–water partition coefficient (Wildman–Crippen LogP) is -1.22. The molecule has 0 radical (unpaired) electrons. The molecule has 0 bridgehead atoms. The lowest BCUT2D eigenvalue weighted by atomic mass is 10.1. The molecule has 2 heterocycles. The maximum Gasteiger partial charge on any atom is 0.326 e. The fourth-order valence-corrected chi connectivity index (χ4v) is 2.41. The first-order valence-electron chi connectivity index (χ1n) is 5.56. The number of carbonyl (C=O) groups is 2. The van der Waals surface area contributed by atoms with Gasteiger partial charge in [-0.05, 0) is 25.8 Å². The largest absolute Gasteiger partial charge is 0.480 e. The van der Waals surface area contributed by atoms with E-state index in [0.29, 0.717) is 32.4 Å². The van der Waals surface area contributed by atoms with E-state index < -0.39 is 24.2 Å². The molecule has 2 rings (SSSR count). The molecule has 3 N–H and O–H groups in total. The molecular formula is C10H16N2O4. The average Bonchev–Trinajstić information content (AvgIpc) is 2.84. The van der Waals surface area contributed by atoms with Gasteiger partial charge in [-0.25, -0.2) is 4.79 Å². The van der Waals surface area contributed by atoms with Gasteiger partial charge in [-0.2, -0.15) is 0 Å². The van der Waals surface area contributed by atoms with Gasteiger partial charge in [0.05, 0.1) is 6.10 Å². The van der Waals surface area contributed by atoms with Crippen molar-refractivity contribution in [3.8, 4) is 0 Å². The molecule has 1 unspecified atom stereocenters. The highest BCUT2D eigenvalue weighted by atomic mass is 16.4. The zero-order valence-corrected chi connectivity index (χ0v) is 8.93. The molecule has 90 valence electrons. The number of aliphatic hydroxyl groups is 1. The third-order valence-corrected chi connectivity index (χ3v) is 3.28. The first-order chi connectivity index (χ1) is 7.61. The Hall–Kier alpha value is -1.14. The van der Waals surface area contributed by atoms with Crippen molar-refractivity contribution in [1.29, 1.82) is 0 Å². The normalized spacial score (nSPS) is 34.3. The molecule has 2 aliphatic heterocycles. The average molecular weight is 228 g/mol. The van der Waals surface area contributed by atoms with Crippen molar-refractivity contribution in [2.45, 2.75) is 37.5 Å². The third kappa shape index (κ3) is 1.90. The summed E-state index contributed by atoms with van der Waals surface area (Å²) in [6.07, 6.45) is 1.07. The SMILES string of the molecule is O=C(O)[C@@H]1CCCN1C(=O)[C@H]1NCCC1O. The van der Waals surface area contributed by atoms with Gasteiger partial charge in [0.15, 0.2) is 0 Å². The van der Waals surface area contributed by atoms with Crippen LogP contribution in [-0.4, -0.2) is 58.3 Å². The van der Waals surface area contributed by atoms with Crippen LogP contribution in [0.1, 0.15) is 19.3 Å². The number of carbonyl (C=O) groups excluding carboxylic acids is 1. The van der Waals surface area contributed by atoms with Crippen molar-refractivity contribution in [3.05, 3.63) is 0 Å². The van der Waals surface area contributed by atoms with E-state index in [9.17, 15) is 14.7 Å². The Morgan fingerprint density at radius 2 is 2.06 bits per heavy atom. The molecule has 0 aromatic rings. The van der Waals surface area contributed by atoms with Gasteiger partial charge in [0, 0.05) is 6.54 Å². The molecule has 2 aliphatic rings. The van der Waals surface area contributed by atoms with Crippen molar-refractivity contribution < 1.29 is 19.8 Å². The van der Waals surface area contributed by atoms with Crippen LogP contribution in [0.5, 0.6) is 0 Å². The van der Waals surface area contributed by atoms with E-state index in [4.69, 9.17) is 5.11 Å². The number of aliphatic hydroxyl groups excluding tert-OH is 1. The summed E-state index contributed by atoms with van der Waals surface area (Å²) in [4.78, 5) is 24.3. The minimum absolute atomic E-state index is 0.282. The smallest absolute Gasteiger partial charge is 0.326 e. The molecular weight excluding hydrogens is 212 g/mol. The summed E-state index contributed by atoms with van der Waals surface area (Å²) in [6, 6.07) is -1.35. The Labute approximate surface area is 93.2 Å². The topological polar surface area (TPSA) is 89.9 Å². The van der Waals surface area contributed by atoms with E-state index >= 15 is 0 Å². The van der Waals surface area contributed by atoms with E-state index in [1.54, 1.807) is 0 Å². The summed E-state index contributed by atoms with van der Waals surface area (Å²) in [7, 11) is 0. The van der Waals surface area contributed by atoms with Crippen LogP contribution < -0.4 is 5.32 Å². The minimum Gasteiger partial charge on any atom is -0.480 e. The summed E-state index contributed by atoms with van der Waals surface area (Å²) in [5.74, 6) is -1.24. The van der Waals surface area contributed by atoms with Gasteiger partial charge in [-0.15, -0.1) is 0 Å². The number of rotatable bonds is 2. The molecule has 2 saturated heterocycles. The zero-order chi connectivity index (χ0) is 11.7. The molecule has 0 spiro atoms. The van der Waals surface area contributed by atoms with Crippen LogP contribution in [0.2, 0.25) is 0 Å². The lowest BCUT2D eigenvalue weighted by Crippen LogP contribution is -2.51. The van der Waals surface area contributed by atoms with E-state index in [-0.39, 0.29) is 5.91 Å². The number of nitrogens with one attached hydrogen (secondary N) is 1. The van der Waals surface area contributed by atoms with Gasteiger partial charge in [0.1, 0.15) is 12.1 Å². The molecule has 1 amide bonds. The summed E-state index contributed by atoms with van der Waals surface area (Å²) in [5.41, 5.74) is 0. The number of nitrogens with zero attached hydrogens (tertiary/aromatic N) is 1. The molecule has 0 aromatic carbocycles. The number of amides is 1. The van der Waals surface area contributed by atoms with Crippen molar-refractivity contribution in [3.63, 3.8) is 0 Å². The zero-order valence-electron chi connectivity index (χ0n) is 8.93. The van der Waals surface area contributed by atoms with Gasteiger partial charge in [0.2, 0.25) is 5.91 Å². The number of carboxylic acid groups (broad SMARTS) is 1. The van der Waals surface area contributed by atoms with Crippen LogP contribution in [0.4, 0.5) is 0 Å². The highest BCUT2D eigenvalue weighted by molar-refractivity contribution is 5.88. The third-order valence-electron chi connectivity index (χ3n) is 3.28. The van der Waals surface area contributed by atoms with Crippen LogP contribution >= 0.6 is 0 Å². The second-order valence-electron chi connectivity index (χ2n) is 4.32. The second kappa shape index (κ2) is 4.39. The Bertz CT molecular complexity index is 307. The minimum atomic E-state index is -0.960. The van der Waals surface area contributed by atoms with Crippen molar-refractivity contribution in [2.75, 3.05) is 13.1 Å². The van der Waals surface area contributed by atoms with E-state index in [2.05, 4.69) is 5.32 Å². The van der Waals surface area contributed by atoms with Crippen LogP contribution in [0.3, 0.4) is 0 Å². The predicted molar refractivity (Wildman–Crippen MR) is 54.8 cm³/mol. The van der Waals surface area contributed by atoms with Gasteiger partial charge in [0.25, 0.3) is 0 Å². The van der Waals surface area contributed by atoms with Crippen molar-refractivity contribution >= 4 is 11.9 Å². The number of aliphatic carboxylic acids is 1. The number of hydrogen-bond donors (Lipinski definition) is 3. The first-order valence-corrected chi connectivity index (χ1v) is 5.56. The van der Waals surface area contributed by atoms with Crippen LogP contribution in [-0.2, 0) is 9.59 Å². The maximum absolute atomic E-state index is 12.0. The monoisotopic (exact) mass is 228 g/mol. The fraction of sp³-hybridized carbons (Fsp3) is 0.800. The quantitative estimate of drug-likeness (QED) is 0.551. The molecule has 0 aromatic heterocycles. The fourth-order valence-electron chi connectivity index (χ4n) is 2.41. The van der Waals surface area contributed by atoms with Gasteiger partial charge in [-0.3, -0.25) is 4.79 Å². The molecule has 3 atom stereocenters. The van der Waals surface area contributed by atoms with Crippen LogP contribution in [0.25, 0.3) is 0 Å². The Kier molecular flexibility index (Phi) is 3.11. The summed E-state index contributed by atoms with van der Waals surface area (Å²) >= 11 is 0. The number of hydrogen-bond acceptors (Lipinski definition) is 4. The van der Waals surface area contributed by atoms with E-state index in [1.807, 2.05) is 0 Å². The van der Waals surface area contributed by atoms with E-state index in [0.717, 1.165) is 0 Å². The number of likely N-dealkylation sites (tertiary alicyclic amines) is 1. The standard InChI is InChI=1S/C10H16N2O4/c13-7-3-4-11-8(7)9(14)12-5-1-2-6(12)10(15)16/h6-8,11,13H,1-5H2,(H,15,16)/t6-,7?,8-/m0/s1. The Morgan fingerprint density at radius 1 is 1.31 bits per heavy atom. The highest BCUT2D eigenvalue weighted by Crippen LogP contribution is 2.20. The second-order valence-corrected chi connectivity index (χ2v) is 4.32. The highest BCUT2D eigenvalue weighted by Gasteiger charge is 2.40. The number of carboxylic acids is 1. The lowest BCUT2D eigenvalue weighted by Gasteiger charge is -2.26. The van der Waals surface area contributed by atoms with Crippen molar-refractivity contribution in [2.24, 2.45) is 0 Å². The molecule has 6 nitrogen and oxygen atoms in total. The summed E-state index contributed by atoms with van der Waals surface area (Å²) < 4.78 is 0. The van der Waals surface area contributed by atoms with Gasteiger partial charge in [-0.1, -0.05) is 0 Å². The van der Waals surface area contributed by atoms with Gasteiger partial charge >= 0.3 is 5.97 Å². The Balaban J connectivity index is 2.06. The molecule has 16 heavy (non-hydrogen) atoms. The van der Waals surface area contributed by atoms with Gasteiger partial charge < -0.3 is 20.4 Å². The molecule has 0 saturated carbocycles. The maximum atomic E-state index is 12.0.